The average Bonchev–Trinajstić information content (AvgIpc) is 3.49. The van der Waals surface area contributed by atoms with Crippen LogP contribution in [0.2, 0.25) is 0 Å². The summed E-state index contributed by atoms with van der Waals surface area (Å²) in [5, 5.41) is 3.37. The number of hydrogen-bond acceptors (Lipinski definition) is 7. The van der Waals surface area contributed by atoms with Gasteiger partial charge in [-0.3, -0.25) is 4.90 Å². The largest absolute Gasteiger partial charge is 0.353 e. The monoisotopic (exact) mass is 427 g/mol. The van der Waals surface area contributed by atoms with E-state index in [-0.39, 0.29) is 0 Å². The third-order valence-electron chi connectivity index (χ3n) is 6.35. The van der Waals surface area contributed by atoms with Crippen LogP contribution in [0.3, 0.4) is 0 Å². The van der Waals surface area contributed by atoms with Gasteiger partial charge in [-0.15, -0.1) is 22.7 Å². The summed E-state index contributed by atoms with van der Waals surface area (Å²) in [5.74, 6) is 2.01. The van der Waals surface area contributed by atoms with Crippen molar-refractivity contribution in [3.8, 4) is 10.7 Å². The van der Waals surface area contributed by atoms with Gasteiger partial charge in [-0.05, 0) is 56.8 Å². The Morgan fingerprint density at radius 1 is 0.931 bits per heavy atom. The zero-order valence-electron chi connectivity index (χ0n) is 17.4. The van der Waals surface area contributed by atoms with Crippen LogP contribution in [0.15, 0.2) is 17.5 Å². The summed E-state index contributed by atoms with van der Waals surface area (Å²) < 4.78 is 0. The molecule has 0 amide bonds. The van der Waals surface area contributed by atoms with Crippen LogP contribution >= 0.6 is 22.7 Å². The summed E-state index contributed by atoms with van der Waals surface area (Å²) in [4.78, 5) is 21.4. The summed E-state index contributed by atoms with van der Waals surface area (Å²) in [7, 11) is 0. The van der Waals surface area contributed by atoms with Crippen LogP contribution in [0.1, 0.15) is 23.3 Å². The molecule has 0 radical (unpaired) electrons. The molecule has 5 nitrogen and oxygen atoms in total. The summed E-state index contributed by atoms with van der Waals surface area (Å²) >= 11 is 3.52. The Hall–Kier alpha value is -1.54. The Morgan fingerprint density at radius 2 is 1.66 bits per heavy atom. The van der Waals surface area contributed by atoms with E-state index < -0.39 is 0 Å². The smallest absolute Gasteiger partial charge is 0.173 e. The molecule has 0 atom stereocenters. The van der Waals surface area contributed by atoms with Gasteiger partial charge >= 0.3 is 0 Å². The Labute approximate surface area is 181 Å². The molecule has 2 aliphatic rings. The number of nitrogens with zero attached hydrogens (tertiary/aromatic N) is 5. The highest BCUT2D eigenvalue weighted by Gasteiger charge is 2.24. The molecule has 3 aromatic rings. The van der Waals surface area contributed by atoms with Crippen LogP contribution < -0.4 is 4.90 Å². The van der Waals surface area contributed by atoms with Gasteiger partial charge in [-0.25, -0.2) is 9.97 Å². The molecule has 0 aliphatic carbocycles. The third kappa shape index (κ3) is 3.93. The topological polar surface area (TPSA) is 35.5 Å². The highest BCUT2D eigenvalue weighted by Crippen LogP contribution is 2.37. The first-order valence-electron chi connectivity index (χ1n) is 10.7. The lowest BCUT2D eigenvalue weighted by Gasteiger charge is -2.36. The molecule has 2 fully saturated rings. The van der Waals surface area contributed by atoms with E-state index in [1.54, 1.807) is 22.7 Å². The minimum atomic E-state index is 0.875. The fourth-order valence-corrected chi connectivity index (χ4v) is 6.13. The summed E-state index contributed by atoms with van der Waals surface area (Å²) in [6.07, 6.45) is 2.76. The van der Waals surface area contributed by atoms with Crippen LogP contribution in [0.5, 0.6) is 0 Å². The number of likely N-dealkylation sites (tertiary alicyclic amines) is 1. The Kier molecular flexibility index (Phi) is 5.56. The molecular weight excluding hydrogens is 398 g/mol. The minimum Gasteiger partial charge on any atom is -0.353 e. The highest BCUT2D eigenvalue weighted by atomic mass is 32.1. The van der Waals surface area contributed by atoms with E-state index >= 15 is 0 Å². The maximum atomic E-state index is 5.08. The fraction of sp³-hybridized carbons (Fsp3) is 0.545. The molecule has 0 bridgehead atoms. The van der Waals surface area contributed by atoms with Crippen LogP contribution in [0.25, 0.3) is 20.9 Å². The van der Waals surface area contributed by atoms with Crippen LogP contribution in [-0.4, -0.2) is 72.1 Å². The first kappa shape index (κ1) is 19.4. The fourth-order valence-electron chi connectivity index (χ4n) is 4.45. The van der Waals surface area contributed by atoms with Crippen LogP contribution in [-0.2, 0) is 0 Å². The molecule has 29 heavy (non-hydrogen) atoms. The number of hydrogen-bond donors (Lipinski definition) is 0. The number of anilines is 1. The van der Waals surface area contributed by atoms with Crippen molar-refractivity contribution in [1.82, 2.24) is 19.8 Å². The van der Waals surface area contributed by atoms with Gasteiger partial charge < -0.3 is 9.80 Å². The SMILES string of the molecule is Cc1sc2nc(-c3cccs3)nc(N3CCN(CCN4CCCC4)CC3)c2c1C. The minimum absolute atomic E-state index is 0.875. The molecule has 5 rings (SSSR count). The molecule has 0 spiro atoms. The predicted octanol–water partition coefficient (Wildman–Crippen LogP) is 4.25. The zero-order chi connectivity index (χ0) is 19.8. The van der Waals surface area contributed by atoms with E-state index in [2.05, 4.69) is 46.1 Å². The average molecular weight is 428 g/mol. The molecule has 154 valence electrons. The molecule has 7 heteroatoms. The lowest BCUT2D eigenvalue weighted by atomic mass is 10.2. The molecule has 0 unspecified atom stereocenters. The molecular formula is C22H29N5S2. The maximum Gasteiger partial charge on any atom is 0.173 e. The van der Waals surface area contributed by atoms with Gasteiger partial charge in [0.2, 0.25) is 0 Å². The standard InChI is InChI=1S/C22H29N5S2/c1-16-17(2)29-22-19(16)21(23-20(24-22)18-6-5-15-28-18)27-13-11-26(12-14-27)10-9-25-7-3-4-8-25/h5-6,15H,3-4,7-14H2,1-2H3. The van der Waals surface area contributed by atoms with E-state index in [0.29, 0.717) is 0 Å². The van der Waals surface area contributed by atoms with Gasteiger partial charge in [-0.1, -0.05) is 6.07 Å². The molecule has 3 aromatic heterocycles. The molecule has 5 heterocycles. The lowest BCUT2D eigenvalue weighted by molar-refractivity contribution is 0.215. The van der Waals surface area contributed by atoms with Crippen LogP contribution in [0, 0.1) is 13.8 Å². The second-order valence-corrected chi connectivity index (χ2v) is 10.3. The number of rotatable bonds is 5. The molecule has 0 N–H and O–H groups in total. The number of thiophene rings is 2. The number of aromatic nitrogens is 2. The quantitative estimate of drug-likeness (QED) is 0.608. The molecule has 2 saturated heterocycles. The summed E-state index contributed by atoms with van der Waals surface area (Å²) in [6, 6.07) is 4.20. The van der Waals surface area contributed by atoms with E-state index in [1.165, 1.54) is 54.8 Å². The molecule has 2 aliphatic heterocycles. The summed E-state index contributed by atoms with van der Waals surface area (Å²) in [6.45, 7) is 13.8. The molecule has 0 aromatic carbocycles. The highest BCUT2D eigenvalue weighted by molar-refractivity contribution is 7.19. The first-order valence-corrected chi connectivity index (χ1v) is 12.4. The van der Waals surface area contributed by atoms with Crippen molar-refractivity contribution in [3.63, 3.8) is 0 Å². The normalized spacial score (nSPS) is 18.9. The van der Waals surface area contributed by atoms with Crippen molar-refractivity contribution in [3.05, 3.63) is 28.0 Å². The Bertz CT molecular complexity index is 967. The van der Waals surface area contributed by atoms with Gasteiger partial charge in [0.1, 0.15) is 10.6 Å². The maximum absolute atomic E-state index is 5.08. The van der Waals surface area contributed by atoms with Crippen molar-refractivity contribution in [2.75, 3.05) is 57.3 Å². The van der Waals surface area contributed by atoms with E-state index in [0.717, 1.165) is 47.5 Å². The number of piperazine rings is 1. The van der Waals surface area contributed by atoms with Gasteiger partial charge in [0, 0.05) is 44.1 Å². The van der Waals surface area contributed by atoms with Gasteiger partial charge in [-0.2, -0.15) is 0 Å². The van der Waals surface area contributed by atoms with Gasteiger partial charge in [0.25, 0.3) is 0 Å². The van der Waals surface area contributed by atoms with Crippen molar-refractivity contribution in [2.45, 2.75) is 26.7 Å². The molecule has 0 saturated carbocycles. The van der Waals surface area contributed by atoms with Gasteiger partial charge in [0.05, 0.1) is 10.3 Å². The van der Waals surface area contributed by atoms with Gasteiger partial charge in [0.15, 0.2) is 5.82 Å². The lowest BCUT2D eigenvalue weighted by Crippen LogP contribution is -2.48. The second kappa shape index (κ2) is 8.30. The first-order chi connectivity index (χ1) is 14.2. The third-order valence-corrected chi connectivity index (χ3v) is 8.32. The summed E-state index contributed by atoms with van der Waals surface area (Å²) in [5.41, 5.74) is 1.34. The Balaban J connectivity index is 1.37. The Morgan fingerprint density at radius 3 is 2.34 bits per heavy atom. The predicted molar refractivity (Wildman–Crippen MR) is 125 cm³/mol. The number of aryl methyl sites for hydroxylation is 2. The number of fused-ring (bicyclic) bond motifs is 1. The van der Waals surface area contributed by atoms with Crippen LogP contribution in [0.4, 0.5) is 5.82 Å². The van der Waals surface area contributed by atoms with E-state index in [4.69, 9.17) is 9.97 Å². The van der Waals surface area contributed by atoms with Crippen molar-refractivity contribution < 1.29 is 0 Å². The zero-order valence-corrected chi connectivity index (χ0v) is 19.0. The van der Waals surface area contributed by atoms with E-state index in [9.17, 15) is 0 Å². The van der Waals surface area contributed by atoms with Crippen molar-refractivity contribution in [1.29, 1.82) is 0 Å². The van der Waals surface area contributed by atoms with E-state index in [1.807, 2.05) is 0 Å². The van der Waals surface area contributed by atoms with Crippen molar-refractivity contribution in [2.24, 2.45) is 0 Å². The second-order valence-electron chi connectivity index (χ2n) is 8.19. The van der Waals surface area contributed by atoms with Crippen molar-refractivity contribution >= 4 is 38.7 Å².